The summed E-state index contributed by atoms with van der Waals surface area (Å²) in [6.07, 6.45) is 3.19. The Balaban J connectivity index is 1.62. The number of rotatable bonds is 5. The maximum atomic E-state index is 13.6. The van der Waals surface area contributed by atoms with Crippen LogP contribution in [0.4, 0.5) is 5.69 Å². The number of aliphatic hydroxyl groups excluding tert-OH is 1. The summed E-state index contributed by atoms with van der Waals surface area (Å²) < 4.78 is 5.76. The second kappa shape index (κ2) is 8.06. The molecular weight excluding hydrogens is 416 g/mol. The smallest absolute Gasteiger partial charge is 0.294 e. The molecule has 0 radical (unpaired) electrons. The van der Waals surface area contributed by atoms with Crippen molar-refractivity contribution in [2.75, 3.05) is 4.90 Å². The van der Waals surface area contributed by atoms with E-state index < -0.39 is 23.5 Å². The SMILES string of the molecule is CC(C)c1ccc(N2C(=O)C(O)=C(C(=O)c3cc4ccccc4o3)C2c2ccncc2)cc1. The summed E-state index contributed by atoms with van der Waals surface area (Å²) in [5.74, 6) is -1.33. The van der Waals surface area contributed by atoms with Crippen molar-refractivity contribution in [1.29, 1.82) is 0 Å². The molecular formula is C27H22N2O4. The van der Waals surface area contributed by atoms with Crippen molar-refractivity contribution in [3.63, 3.8) is 0 Å². The molecule has 164 valence electrons. The van der Waals surface area contributed by atoms with Gasteiger partial charge in [0.05, 0.1) is 11.6 Å². The lowest BCUT2D eigenvalue weighted by Gasteiger charge is -2.27. The molecule has 0 bridgehead atoms. The number of carbonyl (C=O) groups is 2. The first-order valence-corrected chi connectivity index (χ1v) is 10.8. The molecule has 6 nitrogen and oxygen atoms in total. The molecule has 2 aromatic carbocycles. The molecule has 33 heavy (non-hydrogen) atoms. The van der Waals surface area contributed by atoms with Gasteiger partial charge in [0, 0.05) is 23.5 Å². The van der Waals surface area contributed by atoms with E-state index in [2.05, 4.69) is 18.8 Å². The number of para-hydroxylation sites is 1. The van der Waals surface area contributed by atoms with Crippen LogP contribution in [0, 0.1) is 0 Å². The number of amides is 1. The molecule has 1 aliphatic rings. The Bertz CT molecular complexity index is 1350. The minimum absolute atomic E-state index is 0.0156. The molecule has 2 aromatic heterocycles. The molecule has 6 heteroatoms. The van der Waals surface area contributed by atoms with Gasteiger partial charge in [0.25, 0.3) is 5.91 Å². The highest BCUT2D eigenvalue weighted by atomic mass is 16.3. The molecule has 1 unspecified atom stereocenters. The van der Waals surface area contributed by atoms with Crippen LogP contribution in [-0.2, 0) is 4.79 Å². The first kappa shape index (κ1) is 20.7. The second-order valence-electron chi connectivity index (χ2n) is 8.34. The van der Waals surface area contributed by atoms with Gasteiger partial charge in [-0.05, 0) is 53.4 Å². The second-order valence-corrected chi connectivity index (χ2v) is 8.34. The first-order chi connectivity index (χ1) is 16.0. The van der Waals surface area contributed by atoms with Crippen molar-refractivity contribution in [2.45, 2.75) is 25.8 Å². The zero-order valence-corrected chi connectivity index (χ0v) is 18.2. The average Bonchev–Trinajstić information content (AvgIpc) is 3.38. The molecule has 0 saturated carbocycles. The number of nitrogens with zero attached hydrogens (tertiary/aromatic N) is 2. The predicted octanol–water partition coefficient (Wildman–Crippen LogP) is 5.73. The number of furan rings is 1. The van der Waals surface area contributed by atoms with Crippen molar-refractivity contribution >= 4 is 28.3 Å². The maximum absolute atomic E-state index is 13.6. The van der Waals surface area contributed by atoms with E-state index >= 15 is 0 Å². The number of hydrogen-bond donors (Lipinski definition) is 1. The van der Waals surface area contributed by atoms with Crippen LogP contribution in [0.3, 0.4) is 0 Å². The standard InChI is InChI=1S/C27H22N2O4/c1-16(2)17-7-9-20(10-8-17)29-24(18-11-13-28-14-12-18)23(26(31)27(29)32)25(30)22-15-19-5-3-4-6-21(19)33-22/h3-16,24,31H,1-2H3. The third-order valence-electron chi connectivity index (χ3n) is 5.96. The summed E-state index contributed by atoms with van der Waals surface area (Å²) in [6.45, 7) is 4.18. The third kappa shape index (κ3) is 3.49. The van der Waals surface area contributed by atoms with Gasteiger partial charge in [-0.3, -0.25) is 19.5 Å². The number of Topliss-reactive ketones (excluding diaryl/α,β-unsaturated/α-hetero) is 1. The summed E-state index contributed by atoms with van der Waals surface area (Å²) in [4.78, 5) is 32.3. The fourth-order valence-electron chi connectivity index (χ4n) is 4.21. The summed E-state index contributed by atoms with van der Waals surface area (Å²) in [6, 6.07) is 19.1. The first-order valence-electron chi connectivity index (χ1n) is 10.8. The molecule has 1 amide bonds. The minimum atomic E-state index is -0.814. The fourth-order valence-corrected chi connectivity index (χ4v) is 4.21. The molecule has 1 N–H and O–H groups in total. The van der Waals surface area contributed by atoms with E-state index in [1.54, 1.807) is 36.7 Å². The van der Waals surface area contributed by atoms with Crippen LogP contribution in [0.5, 0.6) is 0 Å². The minimum Gasteiger partial charge on any atom is -0.503 e. The van der Waals surface area contributed by atoms with E-state index in [1.807, 2.05) is 42.5 Å². The summed E-state index contributed by atoms with van der Waals surface area (Å²) in [5.41, 5.74) is 2.92. The largest absolute Gasteiger partial charge is 0.503 e. The predicted molar refractivity (Wildman–Crippen MR) is 125 cm³/mol. The Kier molecular flexibility index (Phi) is 5.05. The highest BCUT2D eigenvalue weighted by Gasteiger charge is 2.45. The van der Waals surface area contributed by atoms with E-state index in [-0.39, 0.29) is 11.3 Å². The molecule has 0 aliphatic carbocycles. The Labute approximate surface area is 190 Å². The van der Waals surface area contributed by atoms with Crippen LogP contribution in [0.1, 0.15) is 47.5 Å². The summed E-state index contributed by atoms with van der Waals surface area (Å²) >= 11 is 0. The van der Waals surface area contributed by atoms with Crippen LogP contribution >= 0.6 is 0 Å². The number of ketones is 1. The zero-order valence-electron chi connectivity index (χ0n) is 18.2. The van der Waals surface area contributed by atoms with E-state index in [0.717, 1.165) is 10.9 Å². The third-order valence-corrected chi connectivity index (χ3v) is 5.96. The summed E-state index contributed by atoms with van der Waals surface area (Å²) in [5, 5.41) is 11.7. The normalized spacial score (nSPS) is 16.3. The molecule has 1 atom stereocenters. The van der Waals surface area contributed by atoms with Gasteiger partial charge in [0.15, 0.2) is 11.5 Å². The lowest BCUT2D eigenvalue weighted by molar-refractivity contribution is -0.117. The number of anilines is 1. The van der Waals surface area contributed by atoms with Crippen molar-refractivity contribution in [2.24, 2.45) is 0 Å². The number of hydrogen-bond acceptors (Lipinski definition) is 5. The van der Waals surface area contributed by atoms with Crippen LogP contribution in [0.25, 0.3) is 11.0 Å². The molecule has 3 heterocycles. The summed E-state index contributed by atoms with van der Waals surface area (Å²) in [7, 11) is 0. The lowest BCUT2D eigenvalue weighted by atomic mass is 9.95. The van der Waals surface area contributed by atoms with E-state index in [9.17, 15) is 14.7 Å². The van der Waals surface area contributed by atoms with Gasteiger partial charge in [-0.15, -0.1) is 0 Å². The van der Waals surface area contributed by atoms with Crippen molar-refractivity contribution < 1.29 is 19.1 Å². The van der Waals surface area contributed by atoms with E-state index in [4.69, 9.17) is 4.42 Å². The Morgan fingerprint density at radius 3 is 2.39 bits per heavy atom. The number of benzene rings is 2. The fraction of sp³-hybridized carbons (Fsp3) is 0.148. The van der Waals surface area contributed by atoms with Gasteiger partial charge in [0.1, 0.15) is 5.58 Å². The Morgan fingerprint density at radius 1 is 1.03 bits per heavy atom. The topological polar surface area (TPSA) is 83.6 Å². The van der Waals surface area contributed by atoms with Crippen LogP contribution < -0.4 is 4.90 Å². The molecule has 5 rings (SSSR count). The number of pyridine rings is 1. The molecule has 0 spiro atoms. The number of aliphatic hydroxyl groups is 1. The number of fused-ring (bicyclic) bond motifs is 1. The molecule has 1 aliphatic heterocycles. The highest BCUT2D eigenvalue weighted by Crippen LogP contribution is 2.42. The van der Waals surface area contributed by atoms with Crippen molar-refractivity contribution in [3.05, 3.63) is 107 Å². The number of carbonyl (C=O) groups excluding carboxylic acids is 2. The van der Waals surface area contributed by atoms with Gasteiger partial charge in [0.2, 0.25) is 5.78 Å². The van der Waals surface area contributed by atoms with Crippen molar-refractivity contribution in [1.82, 2.24) is 4.98 Å². The molecule has 0 saturated heterocycles. The van der Waals surface area contributed by atoms with Crippen LogP contribution in [0.2, 0.25) is 0 Å². The Hall–Kier alpha value is -4.19. The molecule has 0 fully saturated rings. The average molecular weight is 438 g/mol. The molecule has 4 aromatic rings. The Morgan fingerprint density at radius 2 is 1.73 bits per heavy atom. The maximum Gasteiger partial charge on any atom is 0.294 e. The monoisotopic (exact) mass is 438 g/mol. The van der Waals surface area contributed by atoms with Crippen LogP contribution in [0.15, 0.2) is 94.9 Å². The van der Waals surface area contributed by atoms with Gasteiger partial charge in [-0.25, -0.2) is 0 Å². The lowest BCUT2D eigenvalue weighted by Crippen LogP contribution is -2.31. The zero-order chi connectivity index (χ0) is 23.1. The van der Waals surface area contributed by atoms with Gasteiger partial charge < -0.3 is 9.52 Å². The van der Waals surface area contributed by atoms with Crippen LogP contribution in [-0.4, -0.2) is 21.8 Å². The highest BCUT2D eigenvalue weighted by molar-refractivity contribution is 6.20. The van der Waals surface area contributed by atoms with Gasteiger partial charge >= 0.3 is 0 Å². The van der Waals surface area contributed by atoms with Gasteiger partial charge in [-0.1, -0.05) is 44.2 Å². The van der Waals surface area contributed by atoms with E-state index in [1.165, 1.54) is 4.90 Å². The number of aromatic nitrogens is 1. The van der Waals surface area contributed by atoms with E-state index in [0.29, 0.717) is 22.8 Å². The van der Waals surface area contributed by atoms with Gasteiger partial charge in [-0.2, -0.15) is 0 Å². The van der Waals surface area contributed by atoms with Crippen molar-refractivity contribution in [3.8, 4) is 0 Å². The quantitative estimate of drug-likeness (QED) is 0.402.